The van der Waals surface area contributed by atoms with E-state index in [1.54, 1.807) is 60.7 Å². The molecule has 5 nitrogen and oxygen atoms in total. The number of carbonyl (C=O) groups excluding carboxylic acids is 2. The first-order valence-corrected chi connectivity index (χ1v) is 7.98. The Kier molecular flexibility index (Phi) is 5.16. The molecule has 0 aliphatic rings. The minimum absolute atomic E-state index is 0.166. The number of rotatable bonds is 5. The summed E-state index contributed by atoms with van der Waals surface area (Å²) in [5.74, 6) is 0.0802. The van der Waals surface area contributed by atoms with Gasteiger partial charge >= 0.3 is 0 Å². The van der Waals surface area contributed by atoms with E-state index in [4.69, 9.17) is 16.0 Å². The van der Waals surface area contributed by atoms with E-state index in [1.807, 2.05) is 6.07 Å². The maximum atomic E-state index is 12.1. The van der Waals surface area contributed by atoms with Crippen LogP contribution < -0.4 is 10.6 Å². The third kappa shape index (κ3) is 4.49. The number of furan rings is 1. The first-order chi connectivity index (χ1) is 12.1. The maximum absolute atomic E-state index is 12.1. The van der Waals surface area contributed by atoms with Gasteiger partial charge in [0.25, 0.3) is 11.8 Å². The summed E-state index contributed by atoms with van der Waals surface area (Å²) in [5.41, 5.74) is 1.18. The van der Waals surface area contributed by atoms with Gasteiger partial charge in [-0.1, -0.05) is 29.8 Å². The Bertz CT molecular complexity index is 873. The van der Waals surface area contributed by atoms with Gasteiger partial charge in [-0.15, -0.1) is 0 Å². The van der Waals surface area contributed by atoms with Crippen LogP contribution in [-0.4, -0.2) is 11.8 Å². The largest absolute Gasteiger partial charge is 0.454 e. The average molecular weight is 355 g/mol. The number of carbonyl (C=O) groups is 2. The third-order valence-corrected chi connectivity index (χ3v) is 3.70. The smallest absolute Gasteiger partial charge is 0.291 e. The molecule has 2 N–H and O–H groups in total. The first-order valence-electron chi connectivity index (χ1n) is 7.61. The highest BCUT2D eigenvalue weighted by molar-refractivity contribution is 6.30. The predicted octanol–water partition coefficient (Wildman–Crippen LogP) is 4.12. The normalized spacial score (nSPS) is 10.3. The van der Waals surface area contributed by atoms with Crippen LogP contribution in [-0.2, 0) is 6.54 Å². The number of halogens is 1. The van der Waals surface area contributed by atoms with E-state index in [-0.39, 0.29) is 24.1 Å². The summed E-state index contributed by atoms with van der Waals surface area (Å²) >= 11 is 5.81. The van der Waals surface area contributed by atoms with Crippen LogP contribution in [0, 0.1) is 0 Å². The van der Waals surface area contributed by atoms with E-state index in [9.17, 15) is 9.59 Å². The molecule has 0 saturated heterocycles. The Morgan fingerprint density at radius 2 is 1.60 bits per heavy atom. The number of hydrogen-bond acceptors (Lipinski definition) is 3. The summed E-state index contributed by atoms with van der Waals surface area (Å²) in [6.07, 6.45) is 0. The van der Waals surface area contributed by atoms with Crippen molar-refractivity contribution >= 4 is 29.1 Å². The van der Waals surface area contributed by atoms with Gasteiger partial charge in [0.15, 0.2) is 5.76 Å². The summed E-state index contributed by atoms with van der Waals surface area (Å²) in [5, 5.41) is 6.05. The second-order valence-electron chi connectivity index (χ2n) is 5.28. The molecule has 126 valence electrons. The molecule has 0 aliphatic heterocycles. The highest BCUT2D eigenvalue weighted by atomic mass is 35.5. The summed E-state index contributed by atoms with van der Waals surface area (Å²) < 4.78 is 5.47. The highest BCUT2D eigenvalue weighted by Crippen LogP contribution is 2.15. The molecule has 0 saturated carbocycles. The van der Waals surface area contributed by atoms with Crippen molar-refractivity contribution in [1.82, 2.24) is 5.32 Å². The Morgan fingerprint density at radius 3 is 2.32 bits per heavy atom. The molecule has 0 fully saturated rings. The van der Waals surface area contributed by atoms with Crippen LogP contribution in [0.1, 0.15) is 26.7 Å². The fraction of sp³-hybridized carbons (Fsp3) is 0.0526. The van der Waals surface area contributed by atoms with E-state index in [0.29, 0.717) is 22.0 Å². The molecule has 1 heterocycles. The molecule has 2 aromatic carbocycles. The molecule has 25 heavy (non-hydrogen) atoms. The Labute approximate surface area is 149 Å². The zero-order valence-corrected chi connectivity index (χ0v) is 13.9. The second-order valence-corrected chi connectivity index (χ2v) is 5.71. The number of hydrogen-bond donors (Lipinski definition) is 2. The molecule has 0 aliphatic carbocycles. The maximum Gasteiger partial charge on any atom is 0.291 e. The van der Waals surface area contributed by atoms with Crippen LogP contribution in [0.15, 0.2) is 71.1 Å². The lowest BCUT2D eigenvalue weighted by atomic mass is 10.2. The van der Waals surface area contributed by atoms with Crippen LogP contribution in [0.25, 0.3) is 0 Å². The van der Waals surface area contributed by atoms with E-state index in [0.717, 1.165) is 0 Å². The van der Waals surface area contributed by atoms with Gasteiger partial charge in [-0.2, -0.15) is 0 Å². The Hall–Kier alpha value is -3.05. The molecule has 0 bridgehead atoms. The number of anilines is 1. The van der Waals surface area contributed by atoms with Crippen molar-refractivity contribution in [3.63, 3.8) is 0 Å². The topological polar surface area (TPSA) is 71.3 Å². The van der Waals surface area contributed by atoms with Gasteiger partial charge < -0.3 is 15.1 Å². The van der Waals surface area contributed by atoms with Crippen molar-refractivity contribution in [2.24, 2.45) is 0 Å². The number of benzene rings is 2. The van der Waals surface area contributed by atoms with Gasteiger partial charge in [0.05, 0.1) is 6.54 Å². The van der Waals surface area contributed by atoms with Gasteiger partial charge in [-0.05, 0) is 48.5 Å². The van der Waals surface area contributed by atoms with Crippen molar-refractivity contribution in [2.45, 2.75) is 6.54 Å². The van der Waals surface area contributed by atoms with Crippen LogP contribution >= 0.6 is 11.6 Å². The van der Waals surface area contributed by atoms with E-state index >= 15 is 0 Å². The Balaban J connectivity index is 1.57. The molecule has 3 rings (SSSR count). The average Bonchev–Trinajstić information content (AvgIpc) is 3.11. The summed E-state index contributed by atoms with van der Waals surface area (Å²) in [6.45, 7) is 0.196. The second kappa shape index (κ2) is 7.68. The molecule has 1 aromatic heterocycles. The van der Waals surface area contributed by atoms with Crippen LogP contribution in [0.4, 0.5) is 5.69 Å². The summed E-state index contributed by atoms with van der Waals surface area (Å²) in [7, 11) is 0. The standard InChI is InChI=1S/C19H15ClN2O3/c20-14-6-8-15(9-7-14)22-19(24)17-11-10-16(25-17)12-21-18(23)13-4-2-1-3-5-13/h1-11H,12H2,(H,21,23)(H,22,24). The fourth-order valence-electron chi connectivity index (χ4n) is 2.18. The molecule has 0 spiro atoms. The van der Waals surface area contributed by atoms with Gasteiger partial charge in [-0.3, -0.25) is 9.59 Å². The van der Waals surface area contributed by atoms with Crippen molar-refractivity contribution < 1.29 is 14.0 Å². The highest BCUT2D eigenvalue weighted by Gasteiger charge is 2.12. The van der Waals surface area contributed by atoms with Crippen molar-refractivity contribution in [2.75, 3.05) is 5.32 Å². The number of nitrogens with one attached hydrogen (secondary N) is 2. The fourth-order valence-corrected chi connectivity index (χ4v) is 2.31. The molecular weight excluding hydrogens is 340 g/mol. The van der Waals surface area contributed by atoms with Crippen LogP contribution in [0.3, 0.4) is 0 Å². The van der Waals surface area contributed by atoms with Gasteiger partial charge in [0, 0.05) is 16.3 Å². The van der Waals surface area contributed by atoms with Gasteiger partial charge in [-0.25, -0.2) is 0 Å². The van der Waals surface area contributed by atoms with Crippen LogP contribution in [0.5, 0.6) is 0 Å². The SMILES string of the molecule is O=C(NCc1ccc(C(=O)Nc2ccc(Cl)cc2)o1)c1ccccc1. The molecule has 0 radical (unpaired) electrons. The van der Waals surface area contributed by atoms with E-state index in [1.165, 1.54) is 0 Å². The van der Waals surface area contributed by atoms with Gasteiger partial charge in [0.1, 0.15) is 5.76 Å². The zero-order valence-electron chi connectivity index (χ0n) is 13.2. The quantitative estimate of drug-likeness (QED) is 0.724. The summed E-state index contributed by atoms with van der Waals surface area (Å²) in [4.78, 5) is 24.1. The first kappa shape index (κ1) is 16.8. The van der Waals surface area contributed by atoms with Crippen molar-refractivity contribution in [3.8, 4) is 0 Å². The molecular formula is C19H15ClN2O3. The van der Waals surface area contributed by atoms with E-state index < -0.39 is 0 Å². The molecule has 3 aromatic rings. The van der Waals surface area contributed by atoms with Crippen molar-refractivity contribution in [3.05, 3.63) is 88.8 Å². The molecule has 0 atom stereocenters. The molecule has 6 heteroatoms. The van der Waals surface area contributed by atoms with E-state index in [2.05, 4.69) is 10.6 Å². The zero-order chi connectivity index (χ0) is 17.6. The van der Waals surface area contributed by atoms with Gasteiger partial charge in [0.2, 0.25) is 0 Å². The molecule has 0 unspecified atom stereocenters. The third-order valence-electron chi connectivity index (χ3n) is 3.45. The van der Waals surface area contributed by atoms with Crippen molar-refractivity contribution in [1.29, 1.82) is 0 Å². The predicted molar refractivity (Wildman–Crippen MR) is 95.7 cm³/mol. The minimum Gasteiger partial charge on any atom is -0.454 e. The lowest BCUT2D eigenvalue weighted by Gasteiger charge is -2.04. The monoisotopic (exact) mass is 354 g/mol. The van der Waals surface area contributed by atoms with Crippen LogP contribution in [0.2, 0.25) is 5.02 Å². The Morgan fingerprint density at radius 1 is 0.880 bits per heavy atom. The lowest BCUT2D eigenvalue weighted by molar-refractivity contribution is 0.0948. The number of amides is 2. The summed E-state index contributed by atoms with van der Waals surface area (Å²) in [6, 6.07) is 18.9. The lowest BCUT2D eigenvalue weighted by Crippen LogP contribution is -2.22. The molecule has 2 amide bonds. The minimum atomic E-state index is -0.372.